The smallest absolute Gasteiger partial charge is 0.253 e. The van der Waals surface area contributed by atoms with Gasteiger partial charge in [0.15, 0.2) is 0 Å². The number of nitrogens with one attached hydrogen (secondary N) is 2. The van der Waals surface area contributed by atoms with Gasteiger partial charge in [-0.3, -0.25) is 9.78 Å². The fraction of sp³-hybridized carbons (Fsp3) is 0.538. The summed E-state index contributed by atoms with van der Waals surface area (Å²) in [5, 5.41) is 6.44. The predicted octanol–water partition coefficient (Wildman–Crippen LogP) is 1.26. The fourth-order valence-electron chi connectivity index (χ4n) is 2.21. The Kier molecular flexibility index (Phi) is 3.74. The highest BCUT2D eigenvalue weighted by molar-refractivity contribution is 5.94. The van der Waals surface area contributed by atoms with Crippen LogP contribution in [-0.2, 0) is 0 Å². The van der Waals surface area contributed by atoms with E-state index >= 15 is 0 Å². The Morgan fingerprint density at radius 2 is 2.35 bits per heavy atom. The van der Waals surface area contributed by atoms with Crippen LogP contribution in [0.3, 0.4) is 0 Å². The predicted molar refractivity (Wildman–Crippen MR) is 66.9 cm³/mol. The van der Waals surface area contributed by atoms with Gasteiger partial charge >= 0.3 is 0 Å². The summed E-state index contributed by atoms with van der Waals surface area (Å²) in [5.41, 5.74) is 1.66. The highest BCUT2D eigenvalue weighted by Gasteiger charge is 2.20. The Morgan fingerprint density at radius 1 is 1.53 bits per heavy atom. The molecule has 0 saturated carbocycles. The molecular formula is C13H19N3O. The average Bonchev–Trinajstić information content (AvgIpc) is 2.29. The van der Waals surface area contributed by atoms with Gasteiger partial charge in [0, 0.05) is 24.5 Å². The van der Waals surface area contributed by atoms with Crippen molar-refractivity contribution in [2.45, 2.75) is 38.8 Å². The number of rotatable bonds is 2. The number of aromatic nitrogens is 1. The topological polar surface area (TPSA) is 54.0 Å². The van der Waals surface area contributed by atoms with Crippen molar-refractivity contribution in [3.05, 3.63) is 29.6 Å². The Labute approximate surface area is 102 Å². The monoisotopic (exact) mass is 233 g/mol. The standard InChI is InChI=1S/C13H19N3O/c1-9-5-11(8-14-7-9)13(17)16-12-3-4-15-10(2)6-12/h5,7-8,10,12,15H,3-4,6H2,1-2H3,(H,16,17). The van der Waals surface area contributed by atoms with Gasteiger partial charge in [-0.15, -0.1) is 0 Å². The Morgan fingerprint density at radius 3 is 3.06 bits per heavy atom. The molecule has 1 fully saturated rings. The second-order valence-corrected chi connectivity index (χ2v) is 4.80. The van der Waals surface area contributed by atoms with Gasteiger partial charge in [-0.1, -0.05) is 0 Å². The van der Waals surface area contributed by atoms with Crippen molar-refractivity contribution >= 4 is 5.91 Å². The van der Waals surface area contributed by atoms with Gasteiger partial charge in [0.1, 0.15) is 0 Å². The minimum Gasteiger partial charge on any atom is -0.349 e. The van der Waals surface area contributed by atoms with Crippen LogP contribution in [0.15, 0.2) is 18.5 Å². The first kappa shape index (κ1) is 12.0. The minimum atomic E-state index is -0.0136. The van der Waals surface area contributed by atoms with Crippen LogP contribution in [0.25, 0.3) is 0 Å². The number of hydrogen-bond acceptors (Lipinski definition) is 3. The maximum atomic E-state index is 12.0. The first-order valence-corrected chi connectivity index (χ1v) is 6.11. The van der Waals surface area contributed by atoms with E-state index in [9.17, 15) is 4.79 Å². The normalized spacial score (nSPS) is 24.4. The summed E-state index contributed by atoms with van der Waals surface area (Å²) in [6.45, 7) is 5.06. The van der Waals surface area contributed by atoms with Gasteiger partial charge in [-0.25, -0.2) is 0 Å². The zero-order valence-electron chi connectivity index (χ0n) is 10.4. The van der Waals surface area contributed by atoms with Crippen LogP contribution in [0.4, 0.5) is 0 Å². The number of piperidine rings is 1. The molecule has 4 nitrogen and oxygen atoms in total. The quantitative estimate of drug-likeness (QED) is 0.808. The number of pyridine rings is 1. The summed E-state index contributed by atoms with van der Waals surface area (Å²) in [5.74, 6) is -0.0136. The second-order valence-electron chi connectivity index (χ2n) is 4.80. The Balaban J connectivity index is 1.97. The molecule has 1 aromatic heterocycles. The van der Waals surface area contributed by atoms with E-state index in [1.165, 1.54) is 0 Å². The molecule has 0 aliphatic carbocycles. The molecule has 2 atom stereocenters. The van der Waals surface area contributed by atoms with Gasteiger partial charge in [0.25, 0.3) is 5.91 Å². The summed E-state index contributed by atoms with van der Waals surface area (Å²) in [4.78, 5) is 16.0. The molecule has 1 aliphatic rings. The molecule has 17 heavy (non-hydrogen) atoms. The third kappa shape index (κ3) is 3.27. The third-order valence-corrected chi connectivity index (χ3v) is 3.10. The number of amides is 1. The zero-order valence-corrected chi connectivity index (χ0v) is 10.4. The zero-order chi connectivity index (χ0) is 12.3. The fourth-order valence-corrected chi connectivity index (χ4v) is 2.21. The molecule has 1 saturated heterocycles. The molecule has 2 N–H and O–H groups in total. The lowest BCUT2D eigenvalue weighted by Crippen LogP contribution is -2.46. The van der Waals surface area contributed by atoms with Crippen LogP contribution in [0.1, 0.15) is 35.7 Å². The van der Waals surface area contributed by atoms with E-state index in [-0.39, 0.29) is 11.9 Å². The molecule has 0 radical (unpaired) electrons. The van der Waals surface area contributed by atoms with E-state index in [1.807, 2.05) is 13.0 Å². The molecular weight excluding hydrogens is 214 g/mol. The van der Waals surface area contributed by atoms with Gasteiger partial charge in [-0.2, -0.15) is 0 Å². The van der Waals surface area contributed by atoms with Crippen molar-refractivity contribution in [1.29, 1.82) is 0 Å². The van der Waals surface area contributed by atoms with Crippen LogP contribution < -0.4 is 10.6 Å². The molecule has 2 unspecified atom stereocenters. The Hall–Kier alpha value is -1.42. The number of carbonyl (C=O) groups excluding carboxylic acids is 1. The number of nitrogens with zero attached hydrogens (tertiary/aromatic N) is 1. The van der Waals surface area contributed by atoms with Crippen molar-refractivity contribution < 1.29 is 4.79 Å². The number of carbonyl (C=O) groups is 1. The summed E-state index contributed by atoms with van der Waals surface area (Å²) in [6.07, 6.45) is 5.36. The molecule has 1 amide bonds. The average molecular weight is 233 g/mol. The lowest BCUT2D eigenvalue weighted by atomic mass is 10.0. The van der Waals surface area contributed by atoms with E-state index < -0.39 is 0 Å². The molecule has 4 heteroatoms. The summed E-state index contributed by atoms with van der Waals surface area (Å²) in [7, 11) is 0. The number of aryl methyl sites for hydroxylation is 1. The largest absolute Gasteiger partial charge is 0.349 e. The summed E-state index contributed by atoms with van der Waals surface area (Å²) in [6, 6.07) is 2.62. The van der Waals surface area contributed by atoms with E-state index in [1.54, 1.807) is 12.4 Å². The molecule has 2 rings (SSSR count). The van der Waals surface area contributed by atoms with Crippen LogP contribution in [0.5, 0.6) is 0 Å². The van der Waals surface area contributed by atoms with Crippen molar-refractivity contribution in [3.8, 4) is 0 Å². The maximum absolute atomic E-state index is 12.0. The molecule has 0 aromatic carbocycles. The van der Waals surface area contributed by atoms with Gasteiger partial charge < -0.3 is 10.6 Å². The molecule has 2 heterocycles. The summed E-state index contributed by atoms with van der Waals surface area (Å²) < 4.78 is 0. The van der Waals surface area contributed by atoms with Gasteiger partial charge in [0.2, 0.25) is 0 Å². The lowest BCUT2D eigenvalue weighted by molar-refractivity contribution is 0.0925. The molecule has 1 aliphatic heterocycles. The Bertz CT molecular complexity index is 405. The lowest BCUT2D eigenvalue weighted by Gasteiger charge is -2.28. The first-order chi connectivity index (χ1) is 8.15. The van der Waals surface area contributed by atoms with Crippen molar-refractivity contribution in [1.82, 2.24) is 15.6 Å². The third-order valence-electron chi connectivity index (χ3n) is 3.10. The van der Waals surface area contributed by atoms with Crippen molar-refractivity contribution in [3.63, 3.8) is 0 Å². The molecule has 0 spiro atoms. The second kappa shape index (κ2) is 5.27. The van der Waals surface area contributed by atoms with Crippen LogP contribution in [0, 0.1) is 6.92 Å². The van der Waals surface area contributed by atoms with Gasteiger partial charge in [0.05, 0.1) is 5.56 Å². The first-order valence-electron chi connectivity index (χ1n) is 6.11. The SMILES string of the molecule is Cc1cncc(C(=O)NC2CCNC(C)C2)c1. The van der Waals surface area contributed by atoms with Crippen molar-refractivity contribution in [2.24, 2.45) is 0 Å². The van der Waals surface area contributed by atoms with Crippen LogP contribution in [0.2, 0.25) is 0 Å². The highest BCUT2D eigenvalue weighted by atomic mass is 16.1. The van der Waals surface area contributed by atoms with Crippen LogP contribution >= 0.6 is 0 Å². The minimum absolute atomic E-state index is 0.0136. The number of hydrogen-bond donors (Lipinski definition) is 2. The molecule has 0 bridgehead atoms. The van der Waals surface area contributed by atoms with E-state index in [2.05, 4.69) is 22.5 Å². The van der Waals surface area contributed by atoms with E-state index in [0.29, 0.717) is 11.6 Å². The van der Waals surface area contributed by atoms with Crippen LogP contribution in [-0.4, -0.2) is 29.5 Å². The maximum Gasteiger partial charge on any atom is 0.253 e. The van der Waals surface area contributed by atoms with E-state index in [0.717, 1.165) is 24.9 Å². The van der Waals surface area contributed by atoms with E-state index in [4.69, 9.17) is 0 Å². The summed E-state index contributed by atoms with van der Waals surface area (Å²) >= 11 is 0. The van der Waals surface area contributed by atoms with Gasteiger partial charge in [-0.05, 0) is 44.9 Å². The molecule has 1 aromatic rings. The van der Waals surface area contributed by atoms with Crippen molar-refractivity contribution in [2.75, 3.05) is 6.54 Å². The molecule has 92 valence electrons. The highest BCUT2D eigenvalue weighted by Crippen LogP contribution is 2.09.